The average molecular weight is 434 g/mol. The predicted molar refractivity (Wildman–Crippen MR) is 118 cm³/mol. The topological polar surface area (TPSA) is 128 Å². The number of amides is 1. The standard InChI is InChI=1S/C23H22N4O5/c1-2-19(29)27-18(15-8-10-16(28)11-9-15)12-17(25-27)20-21(30)24-23(32)26(22(20)31)13-14-6-4-3-5-7-14/h3-11,18,28,31H,2,12-13H2,1H3,(H,24,30,32)/t18-/m1/s1. The molecule has 0 bridgehead atoms. The Balaban J connectivity index is 1.77. The number of phenolic OH excluding ortho intramolecular Hbond substituents is 1. The first-order valence-electron chi connectivity index (χ1n) is 10.2. The quantitative estimate of drug-likeness (QED) is 0.566. The highest BCUT2D eigenvalue weighted by molar-refractivity contribution is 6.04. The molecular formula is C23H22N4O5. The number of hydrogen-bond acceptors (Lipinski definition) is 6. The first kappa shape index (κ1) is 21.1. The van der Waals surface area contributed by atoms with E-state index in [9.17, 15) is 24.6 Å². The molecule has 4 rings (SSSR count). The number of aromatic nitrogens is 2. The van der Waals surface area contributed by atoms with Gasteiger partial charge in [-0.2, -0.15) is 5.10 Å². The molecule has 0 fully saturated rings. The molecule has 1 aliphatic rings. The molecule has 9 nitrogen and oxygen atoms in total. The van der Waals surface area contributed by atoms with Crippen molar-refractivity contribution < 1.29 is 15.0 Å². The second-order valence-electron chi connectivity index (χ2n) is 7.48. The van der Waals surface area contributed by atoms with Crippen molar-refractivity contribution >= 4 is 11.6 Å². The van der Waals surface area contributed by atoms with Gasteiger partial charge in [0.25, 0.3) is 5.56 Å². The smallest absolute Gasteiger partial charge is 0.331 e. The summed E-state index contributed by atoms with van der Waals surface area (Å²) < 4.78 is 1.06. The maximum Gasteiger partial charge on any atom is 0.331 e. The van der Waals surface area contributed by atoms with Gasteiger partial charge in [0, 0.05) is 12.8 Å². The van der Waals surface area contributed by atoms with E-state index >= 15 is 0 Å². The lowest BCUT2D eigenvalue weighted by Gasteiger charge is -2.21. The lowest BCUT2D eigenvalue weighted by molar-refractivity contribution is -0.132. The van der Waals surface area contributed by atoms with E-state index in [1.165, 1.54) is 17.1 Å². The van der Waals surface area contributed by atoms with Crippen LogP contribution in [0.25, 0.3) is 0 Å². The molecule has 32 heavy (non-hydrogen) atoms. The van der Waals surface area contributed by atoms with Crippen LogP contribution in [-0.2, 0) is 11.3 Å². The lowest BCUT2D eigenvalue weighted by Crippen LogP contribution is -2.34. The third kappa shape index (κ3) is 3.92. The monoisotopic (exact) mass is 434 g/mol. The number of carbonyl (C=O) groups is 1. The minimum atomic E-state index is -0.772. The second-order valence-corrected chi connectivity index (χ2v) is 7.48. The van der Waals surface area contributed by atoms with Gasteiger partial charge in [0.1, 0.15) is 11.3 Å². The fraction of sp³-hybridized carbons (Fsp3) is 0.217. The van der Waals surface area contributed by atoms with Crippen molar-refractivity contribution in [2.24, 2.45) is 5.10 Å². The van der Waals surface area contributed by atoms with Crippen LogP contribution in [0.15, 0.2) is 69.3 Å². The minimum absolute atomic E-state index is 0.0571. The number of H-pyrrole nitrogens is 1. The molecule has 0 saturated heterocycles. The maximum absolute atomic E-state index is 12.6. The number of aromatic amines is 1. The largest absolute Gasteiger partial charge is 0.508 e. The summed E-state index contributed by atoms with van der Waals surface area (Å²) in [5.74, 6) is -0.674. The number of hydrazone groups is 1. The Kier molecular flexibility index (Phi) is 5.63. The summed E-state index contributed by atoms with van der Waals surface area (Å²) in [5, 5.41) is 26.1. The van der Waals surface area contributed by atoms with Gasteiger partial charge in [-0.05, 0) is 23.3 Å². The van der Waals surface area contributed by atoms with Gasteiger partial charge in [-0.15, -0.1) is 0 Å². The molecule has 0 saturated carbocycles. The van der Waals surface area contributed by atoms with Gasteiger partial charge in [0.05, 0.1) is 18.3 Å². The van der Waals surface area contributed by atoms with Crippen LogP contribution in [0.2, 0.25) is 0 Å². The molecule has 1 atom stereocenters. The normalized spacial score (nSPS) is 15.6. The Morgan fingerprint density at radius 1 is 1.09 bits per heavy atom. The van der Waals surface area contributed by atoms with Crippen molar-refractivity contribution in [2.45, 2.75) is 32.4 Å². The summed E-state index contributed by atoms with van der Waals surface area (Å²) in [5.41, 5.74) is 0.0279. The summed E-state index contributed by atoms with van der Waals surface area (Å²) in [4.78, 5) is 39.8. The second kappa shape index (κ2) is 8.54. The van der Waals surface area contributed by atoms with E-state index in [0.29, 0.717) is 0 Å². The zero-order valence-corrected chi connectivity index (χ0v) is 17.4. The van der Waals surface area contributed by atoms with Crippen molar-refractivity contribution in [1.82, 2.24) is 14.6 Å². The Hall–Kier alpha value is -4.14. The molecule has 164 valence electrons. The van der Waals surface area contributed by atoms with Crippen molar-refractivity contribution in [3.63, 3.8) is 0 Å². The first-order valence-corrected chi connectivity index (χ1v) is 10.2. The van der Waals surface area contributed by atoms with E-state index in [1.807, 2.05) is 18.2 Å². The first-order chi connectivity index (χ1) is 15.4. The van der Waals surface area contributed by atoms with Gasteiger partial charge in [-0.1, -0.05) is 49.4 Å². The maximum atomic E-state index is 12.6. The number of nitrogens with zero attached hydrogens (tertiary/aromatic N) is 3. The van der Waals surface area contributed by atoms with E-state index in [2.05, 4.69) is 10.1 Å². The van der Waals surface area contributed by atoms with Gasteiger partial charge in [-0.25, -0.2) is 9.80 Å². The fourth-order valence-electron chi connectivity index (χ4n) is 3.74. The Morgan fingerprint density at radius 2 is 1.78 bits per heavy atom. The van der Waals surface area contributed by atoms with Crippen LogP contribution >= 0.6 is 0 Å². The van der Waals surface area contributed by atoms with Gasteiger partial charge in [0.2, 0.25) is 11.8 Å². The van der Waals surface area contributed by atoms with Gasteiger partial charge in [-0.3, -0.25) is 19.1 Å². The average Bonchev–Trinajstić information content (AvgIpc) is 3.22. The molecule has 3 N–H and O–H groups in total. The number of aromatic hydroxyl groups is 2. The van der Waals surface area contributed by atoms with Crippen LogP contribution in [0.4, 0.5) is 0 Å². The number of carbonyl (C=O) groups excluding carboxylic acids is 1. The molecule has 0 radical (unpaired) electrons. The number of nitrogens with one attached hydrogen (secondary N) is 1. The highest BCUT2D eigenvalue weighted by atomic mass is 16.3. The summed E-state index contributed by atoms with van der Waals surface area (Å²) in [6.45, 7) is 1.76. The minimum Gasteiger partial charge on any atom is -0.508 e. The van der Waals surface area contributed by atoms with Crippen LogP contribution < -0.4 is 11.2 Å². The Labute approximate surface area is 182 Å². The van der Waals surface area contributed by atoms with Crippen molar-refractivity contribution in [3.05, 3.63) is 92.1 Å². The van der Waals surface area contributed by atoms with E-state index in [1.54, 1.807) is 31.2 Å². The van der Waals surface area contributed by atoms with Gasteiger partial charge < -0.3 is 10.2 Å². The zero-order valence-electron chi connectivity index (χ0n) is 17.4. The molecule has 0 unspecified atom stereocenters. The van der Waals surface area contributed by atoms with Crippen LogP contribution in [-0.4, -0.2) is 36.4 Å². The zero-order chi connectivity index (χ0) is 22.8. The molecule has 1 aromatic heterocycles. The molecule has 2 heterocycles. The molecule has 0 aliphatic carbocycles. The lowest BCUT2D eigenvalue weighted by atomic mass is 9.99. The number of benzene rings is 2. The third-order valence-corrected chi connectivity index (χ3v) is 5.39. The molecule has 3 aromatic rings. The summed E-state index contributed by atoms with van der Waals surface area (Å²) >= 11 is 0. The van der Waals surface area contributed by atoms with E-state index in [4.69, 9.17) is 0 Å². The van der Waals surface area contributed by atoms with E-state index in [-0.39, 0.29) is 42.3 Å². The Bertz CT molecular complexity index is 1290. The number of hydrogen-bond donors (Lipinski definition) is 3. The highest BCUT2D eigenvalue weighted by Gasteiger charge is 2.35. The van der Waals surface area contributed by atoms with E-state index in [0.717, 1.165) is 15.7 Å². The molecule has 1 amide bonds. The summed E-state index contributed by atoms with van der Waals surface area (Å²) in [6.07, 6.45) is 0.359. The van der Waals surface area contributed by atoms with Crippen LogP contribution in [0.3, 0.4) is 0 Å². The molecular weight excluding hydrogens is 412 g/mol. The summed E-state index contributed by atoms with van der Waals surface area (Å²) in [7, 11) is 0. The van der Waals surface area contributed by atoms with Gasteiger partial charge in [0.15, 0.2) is 0 Å². The summed E-state index contributed by atoms with van der Waals surface area (Å²) in [6, 6.07) is 14.9. The SMILES string of the molecule is CCC(=O)N1N=C(c2c(O)n(Cc3ccccc3)c(=O)[nH]c2=O)C[C@@H]1c1ccc(O)cc1. The predicted octanol–water partition coefficient (Wildman–Crippen LogP) is 2.08. The highest BCUT2D eigenvalue weighted by Crippen LogP contribution is 2.34. The van der Waals surface area contributed by atoms with Crippen LogP contribution in [0.5, 0.6) is 11.6 Å². The van der Waals surface area contributed by atoms with Crippen LogP contribution in [0.1, 0.15) is 42.5 Å². The molecule has 2 aromatic carbocycles. The fourth-order valence-corrected chi connectivity index (χ4v) is 3.74. The molecule has 0 spiro atoms. The van der Waals surface area contributed by atoms with Crippen molar-refractivity contribution in [1.29, 1.82) is 0 Å². The molecule has 9 heteroatoms. The van der Waals surface area contributed by atoms with Gasteiger partial charge >= 0.3 is 5.69 Å². The van der Waals surface area contributed by atoms with Crippen molar-refractivity contribution in [2.75, 3.05) is 0 Å². The Morgan fingerprint density at radius 3 is 2.44 bits per heavy atom. The number of phenols is 1. The van der Waals surface area contributed by atoms with E-state index < -0.39 is 23.2 Å². The third-order valence-electron chi connectivity index (χ3n) is 5.39. The van der Waals surface area contributed by atoms with Crippen LogP contribution in [0, 0.1) is 0 Å². The van der Waals surface area contributed by atoms with Crippen molar-refractivity contribution in [3.8, 4) is 11.6 Å². The number of rotatable bonds is 5. The molecule has 1 aliphatic heterocycles.